The van der Waals surface area contributed by atoms with Crippen molar-refractivity contribution >= 4 is 0 Å². The van der Waals surface area contributed by atoms with E-state index >= 15 is 0 Å². The van der Waals surface area contributed by atoms with Gasteiger partial charge in [-0.25, -0.2) is 13.2 Å². The van der Waals surface area contributed by atoms with E-state index in [1.54, 1.807) is 12.1 Å². The van der Waals surface area contributed by atoms with Crippen LogP contribution in [0.15, 0.2) is 49.1 Å². The van der Waals surface area contributed by atoms with E-state index in [2.05, 4.69) is 6.58 Å². The highest BCUT2D eigenvalue weighted by atomic mass is 19.2. The Hall–Kier alpha value is -2.03. The second-order valence-corrected chi connectivity index (χ2v) is 8.94. The van der Waals surface area contributed by atoms with Gasteiger partial charge >= 0.3 is 0 Å². The molecule has 0 saturated heterocycles. The maximum absolute atomic E-state index is 14.8. The molecule has 0 nitrogen and oxygen atoms in total. The van der Waals surface area contributed by atoms with Crippen LogP contribution in [0.25, 0.3) is 11.1 Å². The highest BCUT2D eigenvalue weighted by Gasteiger charge is 2.35. The van der Waals surface area contributed by atoms with Gasteiger partial charge in [0.05, 0.1) is 0 Å². The van der Waals surface area contributed by atoms with Crippen LogP contribution < -0.4 is 0 Å². The Bertz CT molecular complexity index is 872. The minimum Gasteiger partial charge on any atom is -0.206 e. The van der Waals surface area contributed by atoms with Gasteiger partial charge in [0.2, 0.25) is 0 Å². The lowest BCUT2D eigenvalue weighted by Gasteiger charge is -2.42. The normalized spacial score (nSPS) is 26.7. The molecule has 0 aromatic heterocycles. The summed E-state index contributed by atoms with van der Waals surface area (Å²) in [6, 6.07) is 8.83. The summed E-state index contributed by atoms with van der Waals surface area (Å²) in [6.45, 7) is 3.84. The zero-order valence-corrected chi connectivity index (χ0v) is 16.8. The lowest BCUT2D eigenvalue weighted by atomic mass is 9.63. The summed E-state index contributed by atoms with van der Waals surface area (Å²) in [7, 11) is 0. The molecule has 0 amide bonds. The topological polar surface area (TPSA) is 0 Å². The predicted molar refractivity (Wildman–Crippen MR) is 112 cm³/mol. The Balaban J connectivity index is 1.44. The summed E-state index contributed by atoms with van der Waals surface area (Å²) >= 11 is 0. The Morgan fingerprint density at radius 1 is 0.828 bits per heavy atom. The molecule has 0 heterocycles. The second kappa shape index (κ2) is 8.77. The summed E-state index contributed by atoms with van der Waals surface area (Å²) in [6.07, 6.45) is 11.8. The molecule has 0 radical (unpaired) electrons. The molecule has 2 saturated carbocycles. The van der Waals surface area contributed by atoms with E-state index in [0.717, 1.165) is 54.7 Å². The van der Waals surface area contributed by atoms with Crippen molar-refractivity contribution < 1.29 is 13.2 Å². The van der Waals surface area contributed by atoms with E-state index in [-0.39, 0.29) is 5.82 Å². The van der Waals surface area contributed by atoms with Crippen molar-refractivity contribution in [3.8, 4) is 11.1 Å². The molecular formula is C26H29F3. The van der Waals surface area contributed by atoms with Crippen LogP contribution in [-0.4, -0.2) is 0 Å². The van der Waals surface area contributed by atoms with Crippen molar-refractivity contribution in [2.45, 2.75) is 57.3 Å². The first-order chi connectivity index (χ1) is 14.0. The molecule has 0 spiro atoms. The molecule has 2 aromatic carbocycles. The molecule has 2 aromatic rings. The van der Waals surface area contributed by atoms with Crippen LogP contribution in [0.1, 0.15) is 62.8 Å². The maximum atomic E-state index is 14.8. The van der Waals surface area contributed by atoms with Gasteiger partial charge in [0.15, 0.2) is 11.6 Å². The second-order valence-electron chi connectivity index (χ2n) is 8.94. The molecule has 29 heavy (non-hydrogen) atoms. The Morgan fingerprint density at radius 3 is 2.38 bits per heavy atom. The fraction of sp³-hybridized carbons (Fsp3) is 0.462. The van der Waals surface area contributed by atoms with Crippen molar-refractivity contribution in [3.05, 3.63) is 72.1 Å². The number of allylic oxidation sites excluding steroid dienone is 1. The van der Waals surface area contributed by atoms with Gasteiger partial charge in [-0.1, -0.05) is 30.7 Å². The van der Waals surface area contributed by atoms with E-state index in [1.807, 2.05) is 12.1 Å². The summed E-state index contributed by atoms with van der Waals surface area (Å²) < 4.78 is 41.5. The van der Waals surface area contributed by atoms with Gasteiger partial charge in [-0.05, 0) is 97.9 Å². The minimum atomic E-state index is -0.951. The molecule has 3 heteroatoms. The average Bonchev–Trinajstić information content (AvgIpc) is 2.73. The van der Waals surface area contributed by atoms with E-state index in [9.17, 15) is 13.2 Å². The van der Waals surface area contributed by atoms with Gasteiger partial charge in [0.25, 0.3) is 0 Å². The van der Waals surface area contributed by atoms with Crippen LogP contribution in [0, 0.1) is 35.2 Å². The Kier molecular flexibility index (Phi) is 6.12. The number of hydrogen-bond donors (Lipinski definition) is 0. The molecular weight excluding hydrogens is 369 g/mol. The highest BCUT2D eigenvalue weighted by Crippen LogP contribution is 2.48. The van der Waals surface area contributed by atoms with Crippen LogP contribution in [-0.2, 0) is 0 Å². The summed E-state index contributed by atoms with van der Waals surface area (Å²) in [5.74, 6) is 0.593. The summed E-state index contributed by atoms with van der Waals surface area (Å²) in [5, 5.41) is 0. The summed E-state index contributed by atoms with van der Waals surface area (Å²) in [4.78, 5) is 0. The fourth-order valence-corrected chi connectivity index (χ4v) is 5.59. The number of benzene rings is 2. The molecule has 0 aliphatic heterocycles. The van der Waals surface area contributed by atoms with E-state index in [0.29, 0.717) is 17.0 Å². The molecule has 2 fully saturated rings. The van der Waals surface area contributed by atoms with Gasteiger partial charge in [-0.15, -0.1) is 6.58 Å². The van der Waals surface area contributed by atoms with E-state index < -0.39 is 11.6 Å². The van der Waals surface area contributed by atoms with Crippen LogP contribution in [0.2, 0.25) is 0 Å². The van der Waals surface area contributed by atoms with Crippen molar-refractivity contribution in [1.29, 1.82) is 0 Å². The third-order valence-corrected chi connectivity index (χ3v) is 7.20. The largest absolute Gasteiger partial charge is 0.206 e. The van der Waals surface area contributed by atoms with Gasteiger partial charge in [-0.2, -0.15) is 0 Å². The summed E-state index contributed by atoms with van der Waals surface area (Å²) in [5.41, 5.74) is 1.74. The smallest absolute Gasteiger partial charge is 0.159 e. The number of halogens is 3. The Labute approximate surface area is 171 Å². The number of rotatable bonds is 5. The standard InChI is InChI=1S/C26H29F3/c1-2-3-4-17-5-6-19-14-20(8-7-18(19)13-17)21-9-11-23(25(28)15-21)22-10-12-24(27)26(29)16-22/h2,9-12,15-20H,1,3-8,13-14H2. The minimum absolute atomic E-state index is 0.323. The van der Waals surface area contributed by atoms with Crippen molar-refractivity contribution in [3.63, 3.8) is 0 Å². The van der Waals surface area contributed by atoms with Gasteiger partial charge in [0.1, 0.15) is 5.82 Å². The van der Waals surface area contributed by atoms with E-state index in [1.165, 1.54) is 38.2 Å². The average molecular weight is 399 g/mol. The third-order valence-electron chi connectivity index (χ3n) is 7.20. The lowest BCUT2D eigenvalue weighted by Crippen LogP contribution is -2.30. The maximum Gasteiger partial charge on any atom is 0.159 e. The lowest BCUT2D eigenvalue weighted by molar-refractivity contribution is 0.115. The SMILES string of the molecule is C=CCCC1CCC2CC(c3ccc(-c4ccc(F)c(F)c4)c(F)c3)CCC2C1. The molecule has 0 bridgehead atoms. The van der Waals surface area contributed by atoms with E-state index in [4.69, 9.17) is 0 Å². The van der Waals surface area contributed by atoms with Gasteiger partial charge in [-0.3, -0.25) is 0 Å². The van der Waals surface area contributed by atoms with Crippen molar-refractivity contribution in [1.82, 2.24) is 0 Å². The molecule has 2 aliphatic carbocycles. The highest BCUT2D eigenvalue weighted by molar-refractivity contribution is 5.64. The molecule has 4 rings (SSSR count). The molecule has 4 unspecified atom stereocenters. The van der Waals surface area contributed by atoms with Crippen LogP contribution in [0.4, 0.5) is 13.2 Å². The van der Waals surface area contributed by atoms with Crippen LogP contribution >= 0.6 is 0 Å². The molecule has 0 N–H and O–H groups in total. The first kappa shape index (κ1) is 20.3. The third kappa shape index (κ3) is 4.44. The van der Waals surface area contributed by atoms with Crippen LogP contribution in [0.5, 0.6) is 0 Å². The number of fused-ring (bicyclic) bond motifs is 1. The van der Waals surface area contributed by atoms with Gasteiger partial charge in [0, 0.05) is 5.56 Å². The fourth-order valence-electron chi connectivity index (χ4n) is 5.59. The molecule has 4 atom stereocenters. The first-order valence-electron chi connectivity index (χ1n) is 10.9. The van der Waals surface area contributed by atoms with Crippen molar-refractivity contribution in [2.75, 3.05) is 0 Å². The zero-order valence-electron chi connectivity index (χ0n) is 16.8. The number of hydrogen-bond acceptors (Lipinski definition) is 0. The van der Waals surface area contributed by atoms with Crippen molar-refractivity contribution in [2.24, 2.45) is 17.8 Å². The predicted octanol–water partition coefficient (Wildman–Crippen LogP) is 8.04. The first-order valence-corrected chi connectivity index (χ1v) is 10.9. The molecule has 154 valence electrons. The van der Waals surface area contributed by atoms with Gasteiger partial charge < -0.3 is 0 Å². The Morgan fingerprint density at radius 2 is 1.62 bits per heavy atom. The molecule has 2 aliphatic rings. The van der Waals surface area contributed by atoms with Crippen LogP contribution in [0.3, 0.4) is 0 Å². The quantitative estimate of drug-likeness (QED) is 0.447. The zero-order chi connectivity index (χ0) is 20.4. The monoisotopic (exact) mass is 398 g/mol.